The van der Waals surface area contributed by atoms with Crippen LogP contribution in [0, 0.1) is 11.6 Å². The topological polar surface area (TPSA) is 96.6 Å². The lowest BCUT2D eigenvalue weighted by molar-refractivity contribution is 0.0894. The van der Waals surface area contributed by atoms with E-state index in [1.165, 1.54) is 19.4 Å². The van der Waals surface area contributed by atoms with E-state index >= 15 is 0 Å². The average molecular weight is 461 g/mol. The Balaban J connectivity index is 1.40. The molecule has 8 nitrogen and oxygen atoms in total. The highest BCUT2D eigenvalue weighted by Gasteiger charge is 2.29. The van der Waals surface area contributed by atoms with E-state index in [1.807, 2.05) is 0 Å². The van der Waals surface area contributed by atoms with E-state index in [2.05, 4.69) is 32.1 Å². The van der Waals surface area contributed by atoms with Crippen LogP contribution in [0.25, 0.3) is 0 Å². The van der Waals surface area contributed by atoms with Crippen LogP contribution in [0.2, 0.25) is 0 Å². The van der Waals surface area contributed by atoms with E-state index < -0.39 is 23.0 Å². The molecule has 0 bridgehead atoms. The molecule has 1 aliphatic carbocycles. The number of halogens is 2. The van der Waals surface area contributed by atoms with Gasteiger partial charge >= 0.3 is 0 Å². The number of hydrogen-bond donors (Lipinski definition) is 2. The summed E-state index contributed by atoms with van der Waals surface area (Å²) in [6.45, 7) is 4.46. The largest absolute Gasteiger partial charge is 0.496 e. The van der Waals surface area contributed by atoms with Gasteiger partial charge in [-0.25, -0.2) is 13.8 Å². The van der Waals surface area contributed by atoms with Crippen molar-refractivity contribution in [1.82, 2.24) is 19.8 Å². The molecule has 1 saturated carbocycles. The zero-order chi connectivity index (χ0) is 23.5. The average Bonchev–Trinajstić information content (AvgIpc) is 2.81. The molecule has 2 heterocycles. The first kappa shape index (κ1) is 23.3. The minimum Gasteiger partial charge on any atom is -0.496 e. The fourth-order valence-electron chi connectivity index (χ4n) is 4.64. The number of nitrogens with one attached hydrogen (secondary N) is 1. The fourth-order valence-corrected chi connectivity index (χ4v) is 4.64. The maximum atomic E-state index is 14.3. The number of carbonyl (C=O) groups excluding carboxylic acids is 1. The molecule has 0 atom stereocenters. The number of rotatable bonds is 6. The number of nitrogens with two attached hydrogens (primary N) is 1. The van der Waals surface area contributed by atoms with Gasteiger partial charge in [0.1, 0.15) is 17.1 Å². The molecule has 1 aliphatic heterocycles. The number of piperazine rings is 1. The van der Waals surface area contributed by atoms with Gasteiger partial charge in [0.2, 0.25) is 11.7 Å². The molecule has 1 aromatic carbocycles. The Morgan fingerprint density at radius 1 is 1.15 bits per heavy atom. The van der Waals surface area contributed by atoms with Crippen LogP contribution in [0.3, 0.4) is 0 Å². The molecular weight excluding hydrogens is 430 g/mol. The van der Waals surface area contributed by atoms with Crippen LogP contribution in [0.5, 0.6) is 5.75 Å². The van der Waals surface area contributed by atoms with Crippen LogP contribution < -0.4 is 15.8 Å². The molecule has 0 spiro atoms. The lowest BCUT2D eigenvalue weighted by Crippen LogP contribution is -2.50. The fraction of sp³-hybridized carbons (Fsp3) is 0.522. The van der Waals surface area contributed by atoms with Crippen LogP contribution in [0.1, 0.15) is 41.6 Å². The number of benzene rings is 1. The number of nitrogen functional groups attached to an aromatic ring is 1. The predicted molar refractivity (Wildman–Crippen MR) is 122 cm³/mol. The zero-order valence-electron chi connectivity index (χ0n) is 19.0. The van der Waals surface area contributed by atoms with Crippen LogP contribution in [-0.4, -0.2) is 78.0 Å². The normalized spacial score (nSPS) is 22.2. The molecule has 0 unspecified atom stereocenters. The van der Waals surface area contributed by atoms with Crippen molar-refractivity contribution in [3.05, 3.63) is 41.1 Å². The zero-order valence-corrected chi connectivity index (χ0v) is 19.0. The molecule has 10 heteroatoms. The van der Waals surface area contributed by atoms with E-state index in [4.69, 9.17) is 10.5 Å². The third kappa shape index (κ3) is 5.06. The second-order valence-electron chi connectivity index (χ2n) is 8.75. The van der Waals surface area contributed by atoms with Crippen molar-refractivity contribution in [2.24, 2.45) is 0 Å². The molecule has 3 N–H and O–H groups in total. The van der Waals surface area contributed by atoms with Crippen molar-refractivity contribution in [3.8, 4) is 5.75 Å². The maximum absolute atomic E-state index is 14.3. The van der Waals surface area contributed by atoms with Gasteiger partial charge in [0.15, 0.2) is 11.6 Å². The van der Waals surface area contributed by atoms with Crippen molar-refractivity contribution in [2.75, 3.05) is 51.4 Å². The number of hydrogen-bond acceptors (Lipinski definition) is 8. The molecule has 2 aromatic rings. The summed E-state index contributed by atoms with van der Waals surface area (Å²) >= 11 is 0. The number of ketones is 1. The Kier molecular flexibility index (Phi) is 7.04. The Bertz CT molecular complexity index is 1000. The molecule has 1 aromatic heterocycles. The minimum atomic E-state index is -1.29. The summed E-state index contributed by atoms with van der Waals surface area (Å²) in [5.74, 6) is -3.14. The molecule has 4 rings (SSSR count). The van der Waals surface area contributed by atoms with Gasteiger partial charge in [-0.15, -0.1) is 0 Å². The number of methoxy groups -OCH3 is 1. The number of carbonyl (C=O) groups is 1. The quantitative estimate of drug-likeness (QED) is 0.635. The minimum absolute atomic E-state index is 0.0855. The molecular formula is C23H30F2N6O2. The van der Waals surface area contributed by atoms with Crippen LogP contribution in [-0.2, 0) is 0 Å². The van der Waals surface area contributed by atoms with Gasteiger partial charge in [0.25, 0.3) is 0 Å². The SMILES string of the molecule is COc1ccc(F)c(F)c1C(=O)c1cnc(N[C@H]2CC[C@H](N3CCN(C)CC3)CC2)nc1N. The second-order valence-corrected chi connectivity index (χ2v) is 8.75. The molecule has 1 saturated heterocycles. The number of nitrogens with zero attached hydrogens (tertiary/aromatic N) is 4. The van der Waals surface area contributed by atoms with Gasteiger partial charge < -0.3 is 20.7 Å². The molecule has 0 radical (unpaired) electrons. The summed E-state index contributed by atoms with van der Waals surface area (Å²) in [5.41, 5.74) is 5.35. The molecule has 33 heavy (non-hydrogen) atoms. The molecule has 2 fully saturated rings. The van der Waals surface area contributed by atoms with Crippen molar-refractivity contribution in [1.29, 1.82) is 0 Å². The number of anilines is 2. The maximum Gasteiger partial charge on any atom is 0.224 e. The van der Waals surface area contributed by atoms with E-state index in [0.29, 0.717) is 12.0 Å². The van der Waals surface area contributed by atoms with Crippen molar-refractivity contribution in [3.63, 3.8) is 0 Å². The van der Waals surface area contributed by atoms with Crippen molar-refractivity contribution < 1.29 is 18.3 Å². The standard InChI is InChI=1S/C23H30F2N6O2/c1-30-9-11-31(12-10-30)15-5-3-14(4-6-15)28-23-27-13-16(22(26)29-23)21(32)19-18(33-2)8-7-17(24)20(19)25/h7-8,13-15H,3-6,9-12H2,1-2H3,(H3,26,27,28,29)/t14-,15-. The van der Waals surface area contributed by atoms with Gasteiger partial charge in [-0.05, 0) is 44.9 Å². The van der Waals surface area contributed by atoms with E-state index in [0.717, 1.165) is 57.9 Å². The Hall–Kier alpha value is -2.85. The van der Waals surface area contributed by atoms with Gasteiger partial charge in [-0.1, -0.05) is 0 Å². The van der Waals surface area contributed by atoms with E-state index in [1.54, 1.807) is 0 Å². The summed E-state index contributed by atoms with van der Waals surface area (Å²) in [6.07, 6.45) is 5.43. The summed E-state index contributed by atoms with van der Waals surface area (Å²) in [5, 5.41) is 3.30. The number of likely N-dealkylation sites (N-methyl/N-ethyl adjacent to an activating group) is 1. The van der Waals surface area contributed by atoms with Gasteiger partial charge in [0.05, 0.1) is 12.7 Å². The molecule has 0 amide bonds. The van der Waals surface area contributed by atoms with Crippen LogP contribution >= 0.6 is 0 Å². The van der Waals surface area contributed by atoms with Crippen molar-refractivity contribution >= 4 is 17.5 Å². The highest BCUT2D eigenvalue weighted by atomic mass is 19.2. The lowest BCUT2D eigenvalue weighted by atomic mass is 9.90. The first-order valence-electron chi connectivity index (χ1n) is 11.3. The van der Waals surface area contributed by atoms with E-state index in [9.17, 15) is 13.6 Å². The number of ether oxygens (including phenoxy) is 1. The first-order chi connectivity index (χ1) is 15.9. The summed E-state index contributed by atoms with van der Waals surface area (Å²) in [6, 6.07) is 2.92. The third-order valence-electron chi connectivity index (χ3n) is 6.65. The Morgan fingerprint density at radius 2 is 1.85 bits per heavy atom. The van der Waals surface area contributed by atoms with Gasteiger partial charge in [0, 0.05) is 44.5 Å². The smallest absolute Gasteiger partial charge is 0.224 e. The summed E-state index contributed by atoms with van der Waals surface area (Å²) in [4.78, 5) is 26.2. The first-order valence-corrected chi connectivity index (χ1v) is 11.3. The van der Waals surface area contributed by atoms with Crippen LogP contribution in [0.15, 0.2) is 18.3 Å². The van der Waals surface area contributed by atoms with Gasteiger partial charge in [-0.2, -0.15) is 4.98 Å². The van der Waals surface area contributed by atoms with Crippen LogP contribution in [0.4, 0.5) is 20.5 Å². The van der Waals surface area contributed by atoms with E-state index in [-0.39, 0.29) is 23.2 Å². The van der Waals surface area contributed by atoms with Crippen molar-refractivity contribution in [2.45, 2.75) is 37.8 Å². The molecule has 2 aliphatic rings. The highest BCUT2D eigenvalue weighted by molar-refractivity contribution is 6.13. The predicted octanol–water partition coefficient (Wildman–Crippen LogP) is 2.55. The highest BCUT2D eigenvalue weighted by Crippen LogP contribution is 2.29. The monoisotopic (exact) mass is 460 g/mol. The second kappa shape index (κ2) is 9.96. The summed E-state index contributed by atoms with van der Waals surface area (Å²) in [7, 11) is 3.43. The summed E-state index contributed by atoms with van der Waals surface area (Å²) < 4.78 is 33.0. The Morgan fingerprint density at radius 3 is 2.48 bits per heavy atom. The lowest BCUT2D eigenvalue weighted by Gasteiger charge is -2.41. The molecule has 178 valence electrons. The number of aromatic nitrogens is 2. The third-order valence-corrected chi connectivity index (χ3v) is 6.65. The Labute approximate surface area is 192 Å². The van der Waals surface area contributed by atoms with Gasteiger partial charge in [-0.3, -0.25) is 9.69 Å².